The van der Waals surface area contributed by atoms with Gasteiger partial charge in [-0.05, 0) is 35.4 Å². The Hall–Kier alpha value is -2.62. The van der Waals surface area contributed by atoms with Gasteiger partial charge in [-0.25, -0.2) is 0 Å². The normalized spacial score (nSPS) is 15.6. The maximum atomic E-state index is 12.9. The van der Waals surface area contributed by atoms with Gasteiger partial charge in [0, 0.05) is 25.9 Å². The highest BCUT2D eigenvalue weighted by Crippen LogP contribution is 2.35. The van der Waals surface area contributed by atoms with Crippen LogP contribution < -0.4 is 5.73 Å². The highest BCUT2D eigenvalue weighted by Gasteiger charge is 2.26. The average Bonchev–Trinajstić information content (AvgIpc) is 3.02. The number of benzene rings is 2. The van der Waals surface area contributed by atoms with Crippen LogP contribution in [0.2, 0.25) is 0 Å². The Morgan fingerprint density at radius 2 is 1.76 bits per heavy atom. The molecule has 1 aliphatic carbocycles. The fourth-order valence-corrected chi connectivity index (χ4v) is 3.54. The second-order valence-corrected chi connectivity index (χ2v) is 6.66. The number of carbonyl (C=O) groups excluding carboxylic acids is 2. The molecule has 2 aromatic rings. The maximum Gasteiger partial charge on any atom is 0.223 e. The summed E-state index contributed by atoms with van der Waals surface area (Å²) in [5.41, 5.74) is 9.00. The van der Waals surface area contributed by atoms with Gasteiger partial charge >= 0.3 is 0 Å². The number of carbonyl (C=O) groups is 2. The quantitative estimate of drug-likeness (QED) is 0.845. The second kappa shape index (κ2) is 7.97. The van der Waals surface area contributed by atoms with E-state index in [2.05, 4.69) is 18.2 Å². The summed E-state index contributed by atoms with van der Waals surface area (Å²) < 4.78 is 0. The van der Waals surface area contributed by atoms with Crippen LogP contribution in [0, 0.1) is 0 Å². The first kappa shape index (κ1) is 17.2. The average molecular weight is 336 g/mol. The van der Waals surface area contributed by atoms with E-state index in [4.69, 9.17) is 5.73 Å². The number of rotatable bonds is 7. The second-order valence-electron chi connectivity index (χ2n) is 6.66. The molecule has 0 fully saturated rings. The van der Waals surface area contributed by atoms with Gasteiger partial charge in [-0.15, -0.1) is 0 Å². The molecule has 0 saturated heterocycles. The van der Waals surface area contributed by atoms with Crippen molar-refractivity contribution in [3.8, 4) is 0 Å². The van der Waals surface area contributed by atoms with Crippen LogP contribution in [0.3, 0.4) is 0 Å². The highest BCUT2D eigenvalue weighted by atomic mass is 16.2. The van der Waals surface area contributed by atoms with Gasteiger partial charge in [0.05, 0.1) is 0 Å². The van der Waals surface area contributed by atoms with Gasteiger partial charge in [-0.3, -0.25) is 9.59 Å². The van der Waals surface area contributed by atoms with Crippen molar-refractivity contribution in [3.63, 3.8) is 0 Å². The van der Waals surface area contributed by atoms with E-state index in [1.165, 1.54) is 11.1 Å². The molecular weight excluding hydrogens is 312 g/mol. The summed E-state index contributed by atoms with van der Waals surface area (Å²) >= 11 is 0. The van der Waals surface area contributed by atoms with Crippen molar-refractivity contribution < 1.29 is 9.59 Å². The molecule has 1 aliphatic rings. The van der Waals surface area contributed by atoms with Crippen LogP contribution in [0.25, 0.3) is 0 Å². The van der Waals surface area contributed by atoms with Crippen LogP contribution in [0.15, 0.2) is 54.6 Å². The number of fused-ring (bicyclic) bond motifs is 1. The van der Waals surface area contributed by atoms with Gasteiger partial charge in [0.2, 0.25) is 11.8 Å². The standard InChI is InChI=1S/C21H24N2O2/c22-20(24)12-13-23(15-16-6-2-1-3-7-16)21(25)14-18-11-10-17-8-4-5-9-19(17)18/h1-9,18H,10-15H2,(H2,22,24). The Bertz CT molecular complexity index is 743. The van der Waals surface area contributed by atoms with Crippen LogP contribution >= 0.6 is 0 Å². The minimum absolute atomic E-state index is 0.0896. The van der Waals surface area contributed by atoms with Crippen LogP contribution in [0.4, 0.5) is 0 Å². The van der Waals surface area contributed by atoms with E-state index in [1.807, 2.05) is 36.4 Å². The fourth-order valence-electron chi connectivity index (χ4n) is 3.54. The van der Waals surface area contributed by atoms with E-state index < -0.39 is 0 Å². The molecule has 25 heavy (non-hydrogen) atoms. The van der Waals surface area contributed by atoms with Gasteiger partial charge in [0.1, 0.15) is 0 Å². The Balaban J connectivity index is 1.69. The number of amides is 2. The first-order chi connectivity index (χ1) is 12.1. The molecule has 0 bridgehead atoms. The minimum Gasteiger partial charge on any atom is -0.370 e. The van der Waals surface area contributed by atoms with Crippen molar-refractivity contribution in [2.24, 2.45) is 5.73 Å². The maximum absolute atomic E-state index is 12.9. The molecule has 0 aromatic heterocycles. The lowest BCUT2D eigenvalue weighted by atomic mass is 9.97. The van der Waals surface area contributed by atoms with Crippen molar-refractivity contribution in [1.82, 2.24) is 4.90 Å². The predicted octanol–water partition coefficient (Wildman–Crippen LogP) is 3.01. The van der Waals surface area contributed by atoms with Crippen molar-refractivity contribution in [2.45, 2.75) is 38.1 Å². The first-order valence-electron chi connectivity index (χ1n) is 8.81. The summed E-state index contributed by atoms with van der Waals surface area (Å²) in [7, 11) is 0. The minimum atomic E-state index is -0.378. The van der Waals surface area contributed by atoms with Crippen molar-refractivity contribution in [2.75, 3.05) is 6.54 Å². The van der Waals surface area contributed by atoms with E-state index in [-0.39, 0.29) is 24.2 Å². The number of hydrogen-bond acceptors (Lipinski definition) is 2. The van der Waals surface area contributed by atoms with E-state index in [0.29, 0.717) is 19.5 Å². The zero-order valence-corrected chi connectivity index (χ0v) is 14.4. The van der Waals surface area contributed by atoms with Crippen molar-refractivity contribution in [3.05, 3.63) is 71.3 Å². The zero-order chi connectivity index (χ0) is 17.6. The zero-order valence-electron chi connectivity index (χ0n) is 14.4. The van der Waals surface area contributed by atoms with Crippen molar-refractivity contribution >= 4 is 11.8 Å². The van der Waals surface area contributed by atoms with Crippen LogP contribution in [0.5, 0.6) is 0 Å². The first-order valence-corrected chi connectivity index (χ1v) is 8.81. The summed E-state index contributed by atoms with van der Waals surface area (Å²) in [6.07, 6.45) is 2.73. The summed E-state index contributed by atoms with van der Waals surface area (Å²) in [6, 6.07) is 18.2. The van der Waals surface area contributed by atoms with Gasteiger partial charge in [-0.1, -0.05) is 54.6 Å². The monoisotopic (exact) mass is 336 g/mol. The number of aryl methyl sites for hydroxylation is 1. The molecule has 0 saturated carbocycles. The third-order valence-corrected chi connectivity index (χ3v) is 4.88. The molecule has 3 rings (SSSR count). The van der Waals surface area contributed by atoms with E-state index >= 15 is 0 Å². The Kier molecular flexibility index (Phi) is 5.49. The lowest BCUT2D eigenvalue weighted by Crippen LogP contribution is -2.34. The SMILES string of the molecule is NC(=O)CCN(Cc1ccccc1)C(=O)CC1CCc2ccccc21. The molecule has 0 spiro atoms. The molecule has 0 aliphatic heterocycles. The lowest BCUT2D eigenvalue weighted by molar-refractivity contribution is -0.132. The molecule has 1 unspecified atom stereocenters. The van der Waals surface area contributed by atoms with Gasteiger partial charge < -0.3 is 10.6 Å². The van der Waals surface area contributed by atoms with Gasteiger partial charge in [-0.2, -0.15) is 0 Å². The molecule has 0 heterocycles. The van der Waals surface area contributed by atoms with Gasteiger partial charge in [0.15, 0.2) is 0 Å². The van der Waals surface area contributed by atoms with E-state index in [9.17, 15) is 9.59 Å². The number of nitrogens with zero attached hydrogens (tertiary/aromatic N) is 1. The molecule has 2 amide bonds. The topological polar surface area (TPSA) is 63.4 Å². The van der Waals surface area contributed by atoms with Crippen molar-refractivity contribution in [1.29, 1.82) is 0 Å². The molecule has 2 N–H and O–H groups in total. The molecule has 0 radical (unpaired) electrons. The van der Waals surface area contributed by atoms with Crippen LogP contribution in [-0.2, 0) is 22.6 Å². The Morgan fingerprint density at radius 1 is 1.04 bits per heavy atom. The molecule has 4 heteroatoms. The summed E-state index contributed by atoms with van der Waals surface area (Å²) in [5, 5.41) is 0. The number of nitrogens with two attached hydrogens (primary N) is 1. The third-order valence-electron chi connectivity index (χ3n) is 4.88. The Labute approximate surface area is 148 Å². The fraction of sp³-hybridized carbons (Fsp3) is 0.333. The number of hydrogen-bond donors (Lipinski definition) is 1. The third kappa shape index (κ3) is 4.47. The van der Waals surface area contributed by atoms with Crippen LogP contribution in [-0.4, -0.2) is 23.3 Å². The molecule has 130 valence electrons. The lowest BCUT2D eigenvalue weighted by Gasteiger charge is -2.24. The van der Waals surface area contributed by atoms with E-state index in [0.717, 1.165) is 18.4 Å². The summed E-state index contributed by atoms with van der Waals surface area (Å²) in [5.74, 6) is -0.0144. The molecule has 2 aromatic carbocycles. The number of primary amides is 1. The van der Waals surface area contributed by atoms with Gasteiger partial charge in [0.25, 0.3) is 0 Å². The Morgan fingerprint density at radius 3 is 2.52 bits per heavy atom. The highest BCUT2D eigenvalue weighted by molar-refractivity contribution is 5.79. The predicted molar refractivity (Wildman–Crippen MR) is 97.8 cm³/mol. The molecule has 1 atom stereocenters. The summed E-state index contributed by atoms with van der Waals surface area (Å²) in [6.45, 7) is 0.888. The smallest absolute Gasteiger partial charge is 0.223 e. The largest absolute Gasteiger partial charge is 0.370 e. The summed E-state index contributed by atoms with van der Waals surface area (Å²) in [4.78, 5) is 25.8. The molecule has 4 nitrogen and oxygen atoms in total. The van der Waals surface area contributed by atoms with Crippen LogP contribution in [0.1, 0.15) is 41.9 Å². The van der Waals surface area contributed by atoms with E-state index in [1.54, 1.807) is 4.90 Å². The molecular formula is C21H24N2O2.